The van der Waals surface area contributed by atoms with Crippen molar-refractivity contribution >= 4 is 5.96 Å². The van der Waals surface area contributed by atoms with Crippen molar-refractivity contribution in [3.05, 3.63) is 53.1 Å². The lowest BCUT2D eigenvalue weighted by Crippen LogP contribution is -2.44. The predicted octanol–water partition coefficient (Wildman–Crippen LogP) is 3.43. The number of rotatable bonds is 2. The van der Waals surface area contributed by atoms with E-state index in [1.165, 1.54) is 11.1 Å². The van der Waals surface area contributed by atoms with Crippen molar-refractivity contribution in [2.45, 2.75) is 31.1 Å². The molecule has 3 heterocycles. The van der Waals surface area contributed by atoms with E-state index < -0.39 is 22.9 Å². The molecule has 0 radical (unpaired) electrons. The molecule has 3 atom stereocenters. The molecule has 3 unspecified atom stereocenters. The Kier molecular flexibility index (Phi) is 4.99. The highest BCUT2D eigenvalue weighted by atomic mass is 19.1. The Labute approximate surface area is 183 Å². The van der Waals surface area contributed by atoms with E-state index in [1.807, 2.05) is 0 Å². The molecule has 2 N–H and O–H groups in total. The normalized spacial score (nSPS) is 26.9. The first-order valence-corrected chi connectivity index (χ1v) is 10.5. The Bertz CT molecular complexity index is 1140. The third-order valence-electron chi connectivity index (χ3n) is 6.30. The second-order valence-corrected chi connectivity index (χ2v) is 8.29. The van der Waals surface area contributed by atoms with Crippen LogP contribution in [0.1, 0.15) is 30.4 Å². The minimum Gasteiger partial charge on any atom is -0.489 e. The van der Waals surface area contributed by atoms with E-state index in [0.717, 1.165) is 25.5 Å². The number of benzene rings is 2. The zero-order valence-electron chi connectivity index (χ0n) is 17.5. The van der Waals surface area contributed by atoms with E-state index in [1.54, 1.807) is 31.3 Å². The van der Waals surface area contributed by atoms with E-state index in [-0.39, 0.29) is 23.5 Å². The van der Waals surface area contributed by atoms with Gasteiger partial charge in [0, 0.05) is 31.6 Å². The van der Waals surface area contributed by atoms with Crippen LogP contribution in [0.3, 0.4) is 0 Å². The molecule has 0 aliphatic carbocycles. The molecular weight excluding hydrogens is 418 g/mol. The largest absolute Gasteiger partial charge is 0.489 e. The van der Waals surface area contributed by atoms with E-state index in [0.29, 0.717) is 29.9 Å². The predicted molar refractivity (Wildman–Crippen MR) is 111 cm³/mol. The number of nitrogens with zero attached hydrogens (tertiary/aromatic N) is 3. The van der Waals surface area contributed by atoms with Crippen LogP contribution in [-0.2, 0) is 15.3 Å². The lowest BCUT2D eigenvalue weighted by molar-refractivity contribution is -0.196. The quantitative estimate of drug-likeness (QED) is 0.769. The summed E-state index contributed by atoms with van der Waals surface area (Å²) in [5.74, 6) is -0.843. The van der Waals surface area contributed by atoms with Gasteiger partial charge in [-0.15, -0.1) is 0 Å². The Hall–Kier alpha value is -3.22. The SMILES string of the molecule is CN1OC2(CC(C3CCCOC3)Oc3ccc(-c4ccc(F)c(C#N)c4F)cc32)N=C1N. The van der Waals surface area contributed by atoms with Gasteiger partial charge in [0.2, 0.25) is 11.7 Å². The number of nitrogens with two attached hydrogens (primary N) is 1. The molecule has 0 saturated carbocycles. The Balaban J connectivity index is 1.60. The topological polar surface area (TPSA) is 93.1 Å². The molecule has 32 heavy (non-hydrogen) atoms. The average molecular weight is 440 g/mol. The average Bonchev–Trinajstić information content (AvgIpc) is 3.08. The lowest BCUT2D eigenvalue weighted by Gasteiger charge is -2.41. The first kappa shape index (κ1) is 20.7. The van der Waals surface area contributed by atoms with E-state index in [4.69, 9.17) is 25.3 Å². The summed E-state index contributed by atoms with van der Waals surface area (Å²) in [7, 11) is 1.67. The van der Waals surface area contributed by atoms with Crippen LogP contribution in [0.15, 0.2) is 35.3 Å². The van der Waals surface area contributed by atoms with Crippen molar-refractivity contribution in [1.82, 2.24) is 5.06 Å². The number of hydroxylamine groups is 2. The van der Waals surface area contributed by atoms with Gasteiger partial charge in [0.25, 0.3) is 0 Å². The minimum absolute atomic E-state index is 0.104. The smallest absolute Gasteiger partial charge is 0.221 e. The third-order valence-corrected chi connectivity index (χ3v) is 6.30. The van der Waals surface area contributed by atoms with Gasteiger partial charge in [0.15, 0.2) is 5.82 Å². The van der Waals surface area contributed by atoms with Crippen LogP contribution in [-0.4, -0.2) is 37.4 Å². The van der Waals surface area contributed by atoms with E-state index >= 15 is 0 Å². The van der Waals surface area contributed by atoms with Crippen molar-refractivity contribution in [2.75, 3.05) is 20.3 Å². The highest BCUT2D eigenvalue weighted by Gasteiger charge is 2.50. The van der Waals surface area contributed by atoms with Crippen LogP contribution in [0, 0.1) is 28.9 Å². The summed E-state index contributed by atoms with van der Waals surface area (Å²) < 4.78 is 40.6. The Morgan fingerprint density at radius 3 is 2.81 bits per heavy atom. The molecule has 9 heteroatoms. The number of aliphatic imine (C=N–C) groups is 1. The third kappa shape index (κ3) is 3.27. The summed E-state index contributed by atoms with van der Waals surface area (Å²) in [6.07, 6.45) is 2.16. The van der Waals surface area contributed by atoms with Gasteiger partial charge in [0.05, 0.1) is 12.2 Å². The highest BCUT2D eigenvalue weighted by Crippen LogP contribution is 2.49. The molecule has 0 amide bonds. The number of guanidine groups is 1. The van der Waals surface area contributed by atoms with Crippen molar-refractivity contribution in [3.8, 4) is 22.9 Å². The molecule has 2 aromatic carbocycles. The summed E-state index contributed by atoms with van der Waals surface area (Å²) in [6, 6.07) is 9.08. The Morgan fingerprint density at radius 2 is 2.12 bits per heavy atom. The molecule has 3 aliphatic rings. The first-order valence-electron chi connectivity index (χ1n) is 10.5. The number of fused-ring (bicyclic) bond motifs is 2. The van der Waals surface area contributed by atoms with Crippen LogP contribution >= 0.6 is 0 Å². The minimum atomic E-state index is -1.13. The maximum absolute atomic E-state index is 14.9. The second-order valence-electron chi connectivity index (χ2n) is 8.29. The van der Waals surface area contributed by atoms with Crippen LogP contribution in [0.25, 0.3) is 11.1 Å². The molecule has 1 saturated heterocycles. The molecule has 5 rings (SSSR count). The van der Waals surface area contributed by atoms with Gasteiger partial charge in [-0.05, 0) is 42.7 Å². The van der Waals surface area contributed by atoms with Gasteiger partial charge in [-0.3, -0.25) is 0 Å². The lowest BCUT2D eigenvalue weighted by atomic mass is 9.84. The molecule has 7 nitrogen and oxygen atoms in total. The van der Waals surface area contributed by atoms with Gasteiger partial charge < -0.3 is 15.2 Å². The number of hydrogen-bond donors (Lipinski definition) is 1. The van der Waals surface area contributed by atoms with E-state index in [9.17, 15) is 8.78 Å². The Morgan fingerprint density at radius 1 is 1.28 bits per heavy atom. The molecule has 0 aromatic heterocycles. The zero-order valence-corrected chi connectivity index (χ0v) is 17.5. The summed E-state index contributed by atoms with van der Waals surface area (Å²) in [5, 5.41) is 10.5. The monoisotopic (exact) mass is 440 g/mol. The summed E-state index contributed by atoms with van der Waals surface area (Å²) in [4.78, 5) is 10.7. The van der Waals surface area contributed by atoms with Crippen molar-refractivity contribution in [1.29, 1.82) is 5.26 Å². The molecular formula is C23H22F2N4O3. The number of ether oxygens (including phenoxy) is 2. The fraction of sp³-hybridized carbons (Fsp3) is 0.391. The molecule has 166 valence electrons. The summed E-state index contributed by atoms with van der Waals surface area (Å²) in [6.45, 7) is 1.34. The molecule has 2 aromatic rings. The fourth-order valence-electron chi connectivity index (χ4n) is 4.63. The van der Waals surface area contributed by atoms with Crippen LogP contribution in [0.4, 0.5) is 8.78 Å². The number of nitriles is 1. The zero-order chi connectivity index (χ0) is 22.5. The van der Waals surface area contributed by atoms with Gasteiger partial charge in [-0.1, -0.05) is 6.07 Å². The first-order chi connectivity index (χ1) is 15.4. The summed E-state index contributed by atoms with van der Waals surface area (Å²) >= 11 is 0. The fourth-order valence-corrected chi connectivity index (χ4v) is 4.63. The van der Waals surface area contributed by atoms with Crippen LogP contribution in [0.2, 0.25) is 0 Å². The van der Waals surface area contributed by atoms with Crippen LogP contribution < -0.4 is 10.5 Å². The molecule has 1 fully saturated rings. The standard InChI is InChI=1S/C23H22F2N4O3/c1-29-22(27)28-23(32-29)10-20(14-3-2-8-30-12-14)31-19-7-4-13(9-17(19)23)15-5-6-18(24)16(11-26)21(15)25/h4-7,9,14,20H,2-3,8,10,12H2,1H3,(H2,27,28). The molecule has 3 aliphatic heterocycles. The highest BCUT2D eigenvalue weighted by molar-refractivity contribution is 5.79. The molecule has 0 bridgehead atoms. The second kappa shape index (κ2) is 7.73. The van der Waals surface area contributed by atoms with Gasteiger partial charge in [-0.25, -0.2) is 23.7 Å². The van der Waals surface area contributed by atoms with Gasteiger partial charge in [-0.2, -0.15) is 5.26 Å². The van der Waals surface area contributed by atoms with Crippen LogP contribution in [0.5, 0.6) is 5.75 Å². The van der Waals surface area contributed by atoms with Crippen molar-refractivity contribution in [2.24, 2.45) is 16.6 Å². The molecule has 1 spiro atoms. The van der Waals surface area contributed by atoms with E-state index in [2.05, 4.69) is 4.99 Å². The van der Waals surface area contributed by atoms with Crippen molar-refractivity contribution < 1.29 is 23.1 Å². The van der Waals surface area contributed by atoms with Crippen molar-refractivity contribution in [3.63, 3.8) is 0 Å². The number of halogens is 2. The summed E-state index contributed by atoms with van der Waals surface area (Å²) in [5.41, 5.74) is 5.44. The van der Waals surface area contributed by atoms with Gasteiger partial charge in [0.1, 0.15) is 29.3 Å². The number of hydrogen-bond acceptors (Lipinski definition) is 7. The maximum Gasteiger partial charge on any atom is 0.221 e. The van der Waals surface area contributed by atoms with Gasteiger partial charge >= 0.3 is 0 Å². The maximum atomic E-state index is 14.9.